The van der Waals surface area contributed by atoms with Gasteiger partial charge in [0.05, 0.1) is 5.69 Å². The van der Waals surface area contributed by atoms with Crippen LogP contribution in [0.15, 0.2) is 30.3 Å². The summed E-state index contributed by atoms with van der Waals surface area (Å²) < 4.78 is 0. The minimum atomic E-state index is -0.0115. The van der Waals surface area contributed by atoms with Gasteiger partial charge in [0, 0.05) is 13.6 Å². The fraction of sp³-hybridized carbons (Fsp3) is 0.286. The molecule has 5 heteroatoms. The molecule has 19 heavy (non-hydrogen) atoms. The molecule has 2 aromatic rings. The van der Waals surface area contributed by atoms with Gasteiger partial charge in [0.15, 0.2) is 5.13 Å². The zero-order valence-corrected chi connectivity index (χ0v) is 11.9. The summed E-state index contributed by atoms with van der Waals surface area (Å²) in [5.41, 5.74) is 7.55. The molecule has 0 unspecified atom stereocenters. The topological polar surface area (TPSA) is 59.2 Å². The van der Waals surface area contributed by atoms with Crippen LogP contribution in [0.3, 0.4) is 0 Å². The maximum atomic E-state index is 12.2. The van der Waals surface area contributed by atoms with E-state index in [1.165, 1.54) is 16.9 Å². The third kappa shape index (κ3) is 3.32. The lowest BCUT2D eigenvalue weighted by Gasteiger charge is -2.16. The first-order valence-electron chi connectivity index (χ1n) is 6.10. The van der Waals surface area contributed by atoms with Crippen molar-refractivity contribution in [3.05, 3.63) is 46.5 Å². The molecule has 0 saturated heterocycles. The lowest BCUT2D eigenvalue weighted by molar-refractivity contribution is 0.0800. The van der Waals surface area contributed by atoms with Crippen LogP contribution in [0.2, 0.25) is 0 Å². The lowest BCUT2D eigenvalue weighted by Crippen LogP contribution is -2.28. The molecule has 1 aromatic carbocycles. The number of carbonyl (C=O) groups excluding carboxylic acids is 1. The Labute approximate surface area is 116 Å². The summed E-state index contributed by atoms with van der Waals surface area (Å²) in [4.78, 5) is 18.7. The zero-order valence-electron chi connectivity index (χ0n) is 11.1. The van der Waals surface area contributed by atoms with Gasteiger partial charge in [-0.1, -0.05) is 41.7 Å². The third-order valence-corrected chi connectivity index (χ3v) is 3.91. The zero-order chi connectivity index (χ0) is 13.8. The molecular formula is C14H17N3OS. The molecule has 0 aliphatic heterocycles. The SMILES string of the molecule is Cc1nc(N)sc1C(=O)N(C)CCc1ccccc1. The van der Waals surface area contributed by atoms with E-state index in [1.807, 2.05) is 25.1 Å². The highest BCUT2D eigenvalue weighted by Gasteiger charge is 2.17. The van der Waals surface area contributed by atoms with Crippen LogP contribution >= 0.6 is 11.3 Å². The fourth-order valence-electron chi connectivity index (χ4n) is 1.83. The molecule has 4 nitrogen and oxygen atoms in total. The van der Waals surface area contributed by atoms with E-state index in [9.17, 15) is 4.79 Å². The number of anilines is 1. The molecule has 0 saturated carbocycles. The van der Waals surface area contributed by atoms with Crippen molar-refractivity contribution in [3.8, 4) is 0 Å². The van der Waals surface area contributed by atoms with Crippen LogP contribution in [0.5, 0.6) is 0 Å². The maximum Gasteiger partial charge on any atom is 0.265 e. The van der Waals surface area contributed by atoms with Crippen molar-refractivity contribution in [1.29, 1.82) is 0 Å². The van der Waals surface area contributed by atoms with Gasteiger partial charge >= 0.3 is 0 Å². The molecule has 0 bridgehead atoms. The molecule has 2 rings (SSSR count). The highest BCUT2D eigenvalue weighted by Crippen LogP contribution is 2.21. The Morgan fingerprint density at radius 2 is 2.05 bits per heavy atom. The first-order chi connectivity index (χ1) is 9.08. The molecule has 1 amide bonds. The van der Waals surface area contributed by atoms with Crippen LogP contribution in [-0.2, 0) is 6.42 Å². The first-order valence-corrected chi connectivity index (χ1v) is 6.92. The second-order valence-corrected chi connectivity index (χ2v) is 5.46. The number of aromatic nitrogens is 1. The number of nitrogen functional groups attached to an aromatic ring is 1. The van der Waals surface area contributed by atoms with Gasteiger partial charge in [0.2, 0.25) is 0 Å². The molecule has 100 valence electrons. The van der Waals surface area contributed by atoms with Crippen LogP contribution in [0, 0.1) is 6.92 Å². The molecule has 1 heterocycles. The van der Waals surface area contributed by atoms with Gasteiger partial charge in [-0.05, 0) is 18.9 Å². The predicted octanol–water partition coefficient (Wildman–Crippen LogP) is 2.35. The van der Waals surface area contributed by atoms with Crippen LogP contribution in [0.1, 0.15) is 20.9 Å². The van der Waals surface area contributed by atoms with Crippen LogP contribution in [0.4, 0.5) is 5.13 Å². The Hall–Kier alpha value is -1.88. The van der Waals surface area contributed by atoms with Gasteiger partial charge in [-0.2, -0.15) is 0 Å². The number of hydrogen-bond acceptors (Lipinski definition) is 4. The predicted molar refractivity (Wildman–Crippen MR) is 78.4 cm³/mol. The first kappa shape index (κ1) is 13.5. The van der Waals surface area contributed by atoms with Gasteiger partial charge in [0.25, 0.3) is 5.91 Å². The number of aryl methyl sites for hydroxylation is 1. The summed E-state index contributed by atoms with van der Waals surface area (Å²) in [6, 6.07) is 10.1. The molecule has 0 spiro atoms. The molecular weight excluding hydrogens is 258 g/mol. The second kappa shape index (κ2) is 5.84. The Morgan fingerprint density at radius 1 is 1.37 bits per heavy atom. The monoisotopic (exact) mass is 275 g/mol. The van der Waals surface area contributed by atoms with Gasteiger partial charge in [0.1, 0.15) is 4.88 Å². The average molecular weight is 275 g/mol. The standard InChI is InChI=1S/C14H17N3OS/c1-10-12(19-14(15)16-10)13(18)17(2)9-8-11-6-4-3-5-7-11/h3-7H,8-9H2,1-2H3,(H2,15,16). The van der Waals surface area contributed by atoms with E-state index in [0.717, 1.165) is 6.42 Å². The molecule has 1 aromatic heterocycles. The Morgan fingerprint density at radius 3 is 2.63 bits per heavy atom. The smallest absolute Gasteiger partial charge is 0.265 e. The van der Waals surface area contributed by atoms with Crippen molar-refractivity contribution in [2.24, 2.45) is 0 Å². The molecule has 0 aliphatic carbocycles. The van der Waals surface area contributed by atoms with E-state index in [1.54, 1.807) is 11.9 Å². The quantitative estimate of drug-likeness (QED) is 0.931. The van der Waals surface area contributed by atoms with E-state index in [4.69, 9.17) is 5.73 Å². The average Bonchev–Trinajstić information content (AvgIpc) is 2.75. The molecule has 0 fully saturated rings. The minimum absolute atomic E-state index is 0.0115. The highest BCUT2D eigenvalue weighted by molar-refractivity contribution is 7.17. The lowest BCUT2D eigenvalue weighted by atomic mass is 10.1. The largest absolute Gasteiger partial charge is 0.375 e. The van der Waals surface area contributed by atoms with Gasteiger partial charge in [-0.25, -0.2) is 4.98 Å². The normalized spacial score (nSPS) is 10.4. The summed E-state index contributed by atoms with van der Waals surface area (Å²) >= 11 is 1.25. The Bertz CT molecular complexity index is 565. The van der Waals surface area contributed by atoms with Crippen molar-refractivity contribution >= 4 is 22.4 Å². The number of nitrogens with two attached hydrogens (primary N) is 1. The van der Waals surface area contributed by atoms with E-state index < -0.39 is 0 Å². The van der Waals surface area contributed by atoms with E-state index in [-0.39, 0.29) is 5.91 Å². The highest BCUT2D eigenvalue weighted by atomic mass is 32.1. The summed E-state index contributed by atoms with van der Waals surface area (Å²) in [5, 5.41) is 0.442. The fourth-order valence-corrected chi connectivity index (χ4v) is 2.66. The summed E-state index contributed by atoms with van der Waals surface area (Å²) in [6.07, 6.45) is 0.844. The van der Waals surface area contributed by atoms with Crippen molar-refractivity contribution in [2.45, 2.75) is 13.3 Å². The summed E-state index contributed by atoms with van der Waals surface area (Å²) in [6.45, 7) is 2.49. The molecule has 2 N–H and O–H groups in total. The van der Waals surface area contributed by atoms with E-state index in [0.29, 0.717) is 22.2 Å². The second-order valence-electron chi connectivity index (χ2n) is 4.43. The molecule has 0 atom stereocenters. The van der Waals surface area contributed by atoms with Crippen LogP contribution in [-0.4, -0.2) is 29.4 Å². The number of hydrogen-bond donors (Lipinski definition) is 1. The Kier molecular flexibility index (Phi) is 4.16. The number of amides is 1. The van der Waals surface area contributed by atoms with Crippen molar-refractivity contribution in [2.75, 3.05) is 19.3 Å². The number of thiazole rings is 1. The molecule has 0 aliphatic rings. The number of rotatable bonds is 4. The van der Waals surface area contributed by atoms with Crippen molar-refractivity contribution in [3.63, 3.8) is 0 Å². The van der Waals surface area contributed by atoms with Gasteiger partial charge < -0.3 is 10.6 Å². The third-order valence-electron chi connectivity index (χ3n) is 2.93. The Balaban J connectivity index is 1.98. The summed E-state index contributed by atoms with van der Waals surface area (Å²) in [5.74, 6) is -0.0115. The van der Waals surface area contributed by atoms with E-state index >= 15 is 0 Å². The van der Waals surface area contributed by atoms with Gasteiger partial charge in [-0.15, -0.1) is 0 Å². The van der Waals surface area contributed by atoms with Crippen LogP contribution < -0.4 is 5.73 Å². The summed E-state index contributed by atoms with van der Waals surface area (Å²) in [7, 11) is 1.81. The maximum absolute atomic E-state index is 12.2. The van der Waals surface area contributed by atoms with Crippen molar-refractivity contribution < 1.29 is 4.79 Å². The minimum Gasteiger partial charge on any atom is -0.375 e. The number of carbonyl (C=O) groups is 1. The number of likely N-dealkylation sites (N-methyl/N-ethyl adjacent to an activating group) is 1. The van der Waals surface area contributed by atoms with E-state index in [2.05, 4.69) is 17.1 Å². The van der Waals surface area contributed by atoms with Crippen molar-refractivity contribution in [1.82, 2.24) is 9.88 Å². The number of benzene rings is 1. The molecule has 0 radical (unpaired) electrons. The van der Waals surface area contributed by atoms with Crippen LogP contribution in [0.25, 0.3) is 0 Å². The van der Waals surface area contributed by atoms with Gasteiger partial charge in [-0.3, -0.25) is 4.79 Å². The number of nitrogens with zero attached hydrogens (tertiary/aromatic N) is 2.